The predicted octanol–water partition coefficient (Wildman–Crippen LogP) is 3.02. The molecule has 0 radical (unpaired) electrons. The second-order valence-electron chi connectivity index (χ2n) is 11.6. The highest BCUT2D eigenvalue weighted by molar-refractivity contribution is 5.68. The quantitative estimate of drug-likeness (QED) is 0.198. The molecule has 2 saturated heterocycles. The summed E-state index contributed by atoms with van der Waals surface area (Å²) in [6, 6.07) is 19.0. The summed E-state index contributed by atoms with van der Waals surface area (Å²) in [4.78, 5) is 47.8. The molecule has 0 aliphatic carbocycles. The van der Waals surface area contributed by atoms with Crippen LogP contribution >= 0.6 is 0 Å². The van der Waals surface area contributed by atoms with Crippen LogP contribution in [0.25, 0.3) is 0 Å². The zero-order chi connectivity index (χ0) is 35.3. The summed E-state index contributed by atoms with van der Waals surface area (Å²) in [7, 11) is 1.46. The zero-order valence-corrected chi connectivity index (χ0v) is 28.2. The lowest BCUT2D eigenvalue weighted by molar-refractivity contribution is -0.351. The number of hydrogen-bond donors (Lipinski definition) is 0. The van der Waals surface area contributed by atoms with Crippen molar-refractivity contribution in [2.45, 2.75) is 103 Å². The minimum atomic E-state index is -1.14. The van der Waals surface area contributed by atoms with Crippen LogP contribution in [0.4, 0.5) is 0 Å². The fourth-order valence-electron chi connectivity index (χ4n) is 5.62. The molecule has 2 aliphatic heterocycles. The van der Waals surface area contributed by atoms with Crippen LogP contribution in [-0.4, -0.2) is 99.5 Å². The van der Waals surface area contributed by atoms with E-state index < -0.39 is 79.2 Å². The Morgan fingerprint density at radius 1 is 0.633 bits per heavy atom. The summed E-state index contributed by atoms with van der Waals surface area (Å²) >= 11 is 0. The van der Waals surface area contributed by atoms with Gasteiger partial charge in [0.15, 0.2) is 18.7 Å². The minimum absolute atomic E-state index is 0.0838. The fourth-order valence-corrected chi connectivity index (χ4v) is 5.62. The number of methoxy groups -OCH3 is 1. The lowest BCUT2D eigenvalue weighted by Gasteiger charge is -2.47. The van der Waals surface area contributed by atoms with Gasteiger partial charge in [-0.2, -0.15) is 0 Å². The molecule has 2 aromatic rings. The van der Waals surface area contributed by atoms with Crippen molar-refractivity contribution in [2.75, 3.05) is 20.3 Å². The van der Waals surface area contributed by atoms with Crippen molar-refractivity contribution in [2.24, 2.45) is 0 Å². The van der Waals surface area contributed by atoms with E-state index in [1.165, 1.54) is 34.8 Å². The molecule has 2 aliphatic rings. The van der Waals surface area contributed by atoms with E-state index in [0.717, 1.165) is 11.1 Å². The summed E-state index contributed by atoms with van der Waals surface area (Å²) in [5.74, 6) is -2.43. The van der Waals surface area contributed by atoms with Gasteiger partial charge >= 0.3 is 23.9 Å². The van der Waals surface area contributed by atoms with Crippen LogP contribution in [0.1, 0.15) is 45.2 Å². The van der Waals surface area contributed by atoms with Crippen molar-refractivity contribution in [1.29, 1.82) is 0 Å². The average molecular weight is 689 g/mol. The van der Waals surface area contributed by atoms with Crippen LogP contribution in [0, 0.1) is 0 Å². The highest BCUT2D eigenvalue weighted by Crippen LogP contribution is 2.34. The molecule has 0 saturated carbocycles. The molecule has 0 unspecified atom stereocenters. The number of carbonyl (C=O) groups excluding carboxylic acids is 4. The summed E-state index contributed by atoms with van der Waals surface area (Å²) in [5.41, 5.74) is 1.76. The van der Waals surface area contributed by atoms with Crippen molar-refractivity contribution in [3.63, 3.8) is 0 Å². The molecule has 14 nitrogen and oxygen atoms in total. The lowest BCUT2D eigenvalue weighted by atomic mass is 9.97. The van der Waals surface area contributed by atoms with Crippen molar-refractivity contribution < 1.29 is 66.5 Å². The summed E-state index contributed by atoms with van der Waals surface area (Å²) < 4.78 is 59.3. The Morgan fingerprint density at radius 2 is 1.14 bits per heavy atom. The van der Waals surface area contributed by atoms with E-state index in [1.54, 1.807) is 0 Å². The van der Waals surface area contributed by atoms with E-state index >= 15 is 0 Å². The number of benzene rings is 2. The van der Waals surface area contributed by atoms with E-state index in [-0.39, 0.29) is 32.8 Å². The predicted molar refractivity (Wildman–Crippen MR) is 168 cm³/mol. The third-order valence-electron chi connectivity index (χ3n) is 7.71. The average Bonchev–Trinajstić information content (AvgIpc) is 3.06. The molecule has 4 rings (SSSR count). The molecule has 2 fully saturated rings. The number of rotatable bonds is 15. The summed E-state index contributed by atoms with van der Waals surface area (Å²) in [6.07, 6.45) is -9.10. The molecule has 2 aromatic carbocycles. The van der Waals surface area contributed by atoms with Crippen molar-refractivity contribution in [3.05, 3.63) is 71.8 Å². The second kappa shape index (κ2) is 18.7. The van der Waals surface area contributed by atoms with Gasteiger partial charge in [0.2, 0.25) is 0 Å². The van der Waals surface area contributed by atoms with Gasteiger partial charge in [-0.05, 0) is 11.1 Å². The third-order valence-corrected chi connectivity index (χ3v) is 7.71. The van der Waals surface area contributed by atoms with Gasteiger partial charge in [0.1, 0.15) is 49.8 Å². The number of ether oxygens (including phenoxy) is 10. The molecular weight excluding hydrogens is 644 g/mol. The normalized spacial score (nSPS) is 28.2. The molecule has 9 atom stereocenters. The van der Waals surface area contributed by atoms with Crippen LogP contribution in [0.2, 0.25) is 0 Å². The maximum atomic E-state index is 12.1. The van der Waals surface area contributed by atoms with Gasteiger partial charge in [0, 0.05) is 41.2 Å². The van der Waals surface area contributed by atoms with E-state index in [1.807, 2.05) is 60.7 Å². The van der Waals surface area contributed by atoms with Crippen molar-refractivity contribution in [3.8, 4) is 0 Å². The highest BCUT2D eigenvalue weighted by atomic mass is 16.8. The lowest BCUT2D eigenvalue weighted by Crippen LogP contribution is -2.63. The fraction of sp³-hybridized carbons (Fsp3) is 0.543. The molecule has 0 N–H and O–H groups in total. The zero-order valence-electron chi connectivity index (χ0n) is 28.2. The minimum Gasteiger partial charge on any atom is -0.463 e. The molecular formula is C35H44O14. The largest absolute Gasteiger partial charge is 0.463 e. The van der Waals surface area contributed by atoms with E-state index in [2.05, 4.69) is 0 Å². The molecule has 268 valence electrons. The van der Waals surface area contributed by atoms with Gasteiger partial charge in [0.05, 0.1) is 13.2 Å². The standard InChI is InChI=1S/C35H44O14/c1-21(36)41-19-28-31(46-24(4)39)27(45-23(3)38)16-30(47-28)49-32-29(20-42-22(2)37)48-35(40-5)34(44-18-26-14-10-7-11-15-26)33(32)43-17-25-12-8-6-9-13-25/h6-15,27-35H,16-20H2,1-5H3/t27-,28-,29-,30-,31+,32-,33+,34-,35+/m1/s1. The monoisotopic (exact) mass is 688 g/mol. The maximum Gasteiger partial charge on any atom is 0.303 e. The van der Waals surface area contributed by atoms with Crippen LogP contribution in [-0.2, 0) is 79.8 Å². The van der Waals surface area contributed by atoms with Gasteiger partial charge in [0.25, 0.3) is 0 Å². The summed E-state index contributed by atoms with van der Waals surface area (Å²) in [6.45, 7) is 4.68. The number of esters is 4. The van der Waals surface area contributed by atoms with Crippen molar-refractivity contribution in [1.82, 2.24) is 0 Å². The number of carbonyl (C=O) groups is 4. The Kier molecular flexibility index (Phi) is 14.5. The van der Waals surface area contributed by atoms with E-state index in [0.29, 0.717) is 0 Å². The first kappa shape index (κ1) is 37.9. The van der Waals surface area contributed by atoms with Crippen LogP contribution < -0.4 is 0 Å². The third kappa shape index (κ3) is 11.6. The first-order valence-corrected chi connectivity index (χ1v) is 16.0. The van der Waals surface area contributed by atoms with Crippen LogP contribution in [0.15, 0.2) is 60.7 Å². The molecule has 0 spiro atoms. The van der Waals surface area contributed by atoms with Crippen LogP contribution in [0.5, 0.6) is 0 Å². The Bertz CT molecular complexity index is 1350. The molecule has 0 bridgehead atoms. The first-order valence-electron chi connectivity index (χ1n) is 16.0. The van der Waals surface area contributed by atoms with Gasteiger partial charge in [-0.25, -0.2) is 0 Å². The molecule has 14 heteroatoms. The van der Waals surface area contributed by atoms with E-state index in [9.17, 15) is 19.2 Å². The van der Waals surface area contributed by atoms with Gasteiger partial charge in [-0.15, -0.1) is 0 Å². The molecule has 49 heavy (non-hydrogen) atoms. The molecule has 0 aromatic heterocycles. The smallest absolute Gasteiger partial charge is 0.303 e. The summed E-state index contributed by atoms with van der Waals surface area (Å²) in [5, 5.41) is 0. The first-order chi connectivity index (χ1) is 23.5. The SMILES string of the molecule is CO[C@H]1O[C@H](COC(C)=O)[C@@H](O[C@@H]2C[C@@H](OC(C)=O)[C@H](OC(C)=O)[C@@H](COC(C)=O)O2)[C@H](OCc2ccccc2)[C@H]1OCc1ccccc1. The highest BCUT2D eigenvalue weighted by Gasteiger charge is 2.52. The Morgan fingerprint density at radius 3 is 1.63 bits per heavy atom. The van der Waals surface area contributed by atoms with Gasteiger partial charge in [-0.1, -0.05) is 60.7 Å². The number of hydrogen-bond acceptors (Lipinski definition) is 14. The van der Waals surface area contributed by atoms with Crippen molar-refractivity contribution >= 4 is 23.9 Å². The van der Waals surface area contributed by atoms with Gasteiger partial charge < -0.3 is 47.4 Å². The topological polar surface area (TPSA) is 161 Å². The maximum absolute atomic E-state index is 12.1. The second-order valence-corrected chi connectivity index (χ2v) is 11.6. The Balaban J connectivity index is 1.69. The van der Waals surface area contributed by atoms with Crippen LogP contribution in [0.3, 0.4) is 0 Å². The Hall–Kier alpha value is -3.92. The molecule has 0 amide bonds. The van der Waals surface area contributed by atoms with Gasteiger partial charge in [-0.3, -0.25) is 19.2 Å². The Labute approximate surface area is 285 Å². The molecule has 2 heterocycles. The van der Waals surface area contributed by atoms with E-state index in [4.69, 9.17) is 47.4 Å².